The first-order chi connectivity index (χ1) is 9.88. The van der Waals surface area contributed by atoms with Gasteiger partial charge in [0.15, 0.2) is 0 Å². The summed E-state index contributed by atoms with van der Waals surface area (Å²) in [7, 11) is 1.61. The summed E-state index contributed by atoms with van der Waals surface area (Å²) in [6.45, 7) is 0.0506. The van der Waals surface area contributed by atoms with Crippen LogP contribution in [-0.4, -0.2) is 26.1 Å². The Morgan fingerprint density at radius 2 is 1.81 bits per heavy atom. The van der Waals surface area contributed by atoms with Crippen LogP contribution in [0.4, 0.5) is 5.69 Å². The number of hydrogen-bond donors (Lipinski definition) is 0. The summed E-state index contributed by atoms with van der Waals surface area (Å²) in [5.74, 6) is -0.267. The van der Waals surface area contributed by atoms with Crippen molar-refractivity contribution in [3.8, 4) is 0 Å². The molecule has 0 spiro atoms. The molecule has 21 heavy (non-hydrogen) atoms. The van der Waals surface area contributed by atoms with Gasteiger partial charge >= 0.3 is 0 Å². The average Bonchev–Trinajstić information content (AvgIpc) is 2.80. The fourth-order valence-electron chi connectivity index (χ4n) is 2.60. The molecule has 1 aliphatic rings. The number of amides is 1. The highest BCUT2D eigenvalue weighted by molar-refractivity contribution is 8.14. The zero-order valence-corrected chi connectivity index (χ0v) is 13.1. The molecule has 0 aromatic heterocycles. The third-order valence-electron chi connectivity index (χ3n) is 3.61. The fraction of sp³-hybridized carbons (Fsp3) is 0.214. The van der Waals surface area contributed by atoms with E-state index in [0.29, 0.717) is 10.7 Å². The van der Waals surface area contributed by atoms with Crippen LogP contribution in [0.2, 0.25) is 5.02 Å². The summed E-state index contributed by atoms with van der Waals surface area (Å²) in [5.41, 5.74) is 0.617. The number of anilines is 1. The highest BCUT2D eigenvalue weighted by Crippen LogP contribution is 2.36. The number of benzene rings is 2. The van der Waals surface area contributed by atoms with Crippen LogP contribution < -0.4 is 4.90 Å². The summed E-state index contributed by atoms with van der Waals surface area (Å²) in [6, 6.07) is 10.9. The lowest BCUT2D eigenvalue weighted by molar-refractivity contribution is -0.117. The van der Waals surface area contributed by atoms with E-state index >= 15 is 0 Å². The minimum absolute atomic E-state index is 0.0506. The first kappa shape index (κ1) is 14.6. The zero-order chi connectivity index (χ0) is 15.2. The minimum atomic E-state index is -3.76. The molecule has 4 nitrogen and oxygen atoms in total. The highest BCUT2D eigenvalue weighted by atomic mass is 35.7. The van der Waals surface area contributed by atoms with Crippen LogP contribution in [-0.2, 0) is 13.8 Å². The van der Waals surface area contributed by atoms with Crippen molar-refractivity contribution in [2.24, 2.45) is 0 Å². The number of nitrogens with zero attached hydrogens (tertiary/aromatic N) is 1. The molecule has 1 saturated heterocycles. The Balaban J connectivity index is 2.12. The van der Waals surface area contributed by atoms with Crippen molar-refractivity contribution >= 4 is 53.7 Å². The molecule has 2 aromatic carbocycles. The minimum Gasteiger partial charge on any atom is -0.310 e. The predicted molar refractivity (Wildman–Crippen MR) is 84.5 cm³/mol. The maximum absolute atomic E-state index is 12.1. The topological polar surface area (TPSA) is 54.5 Å². The number of carbonyl (C=O) groups is 1. The fourth-order valence-corrected chi connectivity index (χ4v) is 3.90. The quantitative estimate of drug-likeness (QED) is 0.787. The number of fused-ring (bicyclic) bond motifs is 1. The summed E-state index contributed by atoms with van der Waals surface area (Å²) >= 11 is 6.23. The van der Waals surface area contributed by atoms with Crippen LogP contribution in [0.15, 0.2) is 36.4 Å². The van der Waals surface area contributed by atoms with E-state index in [2.05, 4.69) is 0 Å². The number of halogens is 2. The zero-order valence-electron chi connectivity index (χ0n) is 10.8. The maximum Gasteiger partial charge on any atom is 0.237 e. The largest absolute Gasteiger partial charge is 0.310 e. The normalized spacial score (nSPS) is 19.4. The van der Waals surface area contributed by atoms with Gasteiger partial charge in [-0.25, -0.2) is 8.42 Å². The molecule has 7 heteroatoms. The van der Waals surface area contributed by atoms with Gasteiger partial charge < -0.3 is 4.90 Å². The summed E-state index contributed by atoms with van der Waals surface area (Å²) in [6.07, 6.45) is -0.104. The van der Waals surface area contributed by atoms with Gasteiger partial charge in [-0.2, -0.15) is 0 Å². The Hall–Kier alpha value is -1.30. The van der Waals surface area contributed by atoms with E-state index in [1.54, 1.807) is 12.1 Å². The second-order valence-electron chi connectivity index (χ2n) is 4.92. The standard InChI is InChI=1S/C14H11Cl2NO3S/c15-11-5-1-3-9-4-2-6-12(14(9)11)17-8-10(7-13(17)18)21(16,19)20/h1-6,10H,7-8H2. The Kier molecular flexibility index (Phi) is 3.59. The molecule has 3 rings (SSSR count). The summed E-state index contributed by atoms with van der Waals surface area (Å²) in [4.78, 5) is 13.6. The molecule has 0 bridgehead atoms. The van der Waals surface area contributed by atoms with Gasteiger partial charge in [-0.1, -0.05) is 35.9 Å². The second kappa shape index (κ2) is 5.16. The Morgan fingerprint density at radius 3 is 2.43 bits per heavy atom. The number of rotatable bonds is 2. The molecular formula is C14H11Cl2NO3S. The van der Waals surface area contributed by atoms with E-state index in [9.17, 15) is 13.2 Å². The van der Waals surface area contributed by atoms with Crippen molar-refractivity contribution in [1.82, 2.24) is 0 Å². The van der Waals surface area contributed by atoms with E-state index in [-0.39, 0.29) is 18.9 Å². The van der Waals surface area contributed by atoms with Crippen LogP contribution >= 0.6 is 22.3 Å². The van der Waals surface area contributed by atoms with Gasteiger partial charge in [0, 0.05) is 29.0 Å². The molecule has 1 amide bonds. The molecule has 0 aliphatic carbocycles. The van der Waals surface area contributed by atoms with Crippen molar-refractivity contribution in [3.63, 3.8) is 0 Å². The Bertz CT molecular complexity index is 830. The molecule has 0 saturated carbocycles. The molecule has 1 aliphatic heterocycles. The van der Waals surface area contributed by atoms with Crippen LogP contribution in [0.1, 0.15) is 6.42 Å². The third kappa shape index (κ3) is 2.61. The van der Waals surface area contributed by atoms with Gasteiger partial charge in [-0.3, -0.25) is 4.79 Å². The number of hydrogen-bond acceptors (Lipinski definition) is 3. The van der Waals surface area contributed by atoms with E-state index in [1.165, 1.54) is 4.90 Å². The van der Waals surface area contributed by atoms with Crippen molar-refractivity contribution in [2.45, 2.75) is 11.7 Å². The monoisotopic (exact) mass is 343 g/mol. The molecule has 0 radical (unpaired) electrons. The van der Waals surface area contributed by atoms with Crippen LogP contribution in [0, 0.1) is 0 Å². The molecule has 1 atom stereocenters. The van der Waals surface area contributed by atoms with Crippen molar-refractivity contribution in [2.75, 3.05) is 11.4 Å². The first-order valence-electron chi connectivity index (χ1n) is 6.29. The lowest BCUT2D eigenvalue weighted by Crippen LogP contribution is -2.26. The van der Waals surface area contributed by atoms with Gasteiger partial charge in [0.2, 0.25) is 15.0 Å². The molecule has 1 fully saturated rings. The highest BCUT2D eigenvalue weighted by Gasteiger charge is 2.38. The van der Waals surface area contributed by atoms with E-state index in [0.717, 1.165) is 10.8 Å². The first-order valence-corrected chi connectivity index (χ1v) is 9.04. The smallest absolute Gasteiger partial charge is 0.237 e. The average molecular weight is 344 g/mol. The molecular weight excluding hydrogens is 333 g/mol. The third-order valence-corrected chi connectivity index (χ3v) is 5.79. The molecule has 1 heterocycles. The Morgan fingerprint density at radius 1 is 1.14 bits per heavy atom. The van der Waals surface area contributed by atoms with E-state index in [1.807, 2.05) is 24.3 Å². The second-order valence-corrected chi connectivity index (χ2v) is 8.24. The lowest BCUT2D eigenvalue weighted by atomic mass is 10.1. The van der Waals surface area contributed by atoms with Crippen molar-refractivity contribution in [3.05, 3.63) is 41.4 Å². The van der Waals surface area contributed by atoms with Crippen LogP contribution in [0.3, 0.4) is 0 Å². The van der Waals surface area contributed by atoms with E-state index < -0.39 is 14.3 Å². The SMILES string of the molecule is O=C1CC(S(=O)(=O)Cl)CN1c1cccc2cccc(Cl)c12. The van der Waals surface area contributed by atoms with Crippen LogP contribution in [0.5, 0.6) is 0 Å². The maximum atomic E-state index is 12.1. The Labute approximate surface area is 131 Å². The van der Waals surface area contributed by atoms with Gasteiger partial charge in [0.25, 0.3) is 0 Å². The van der Waals surface area contributed by atoms with Crippen LogP contribution in [0.25, 0.3) is 10.8 Å². The summed E-state index contributed by atoms with van der Waals surface area (Å²) in [5, 5.41) is 1.27. The summed E-state index contributed by atoms with van der Waals surface area (Å²) < 4.78 is 22.9. The van der Waals surface area contributed by atoms with Gasteiger partial charge in [0.1, 0.15) is 5.25 Å². The molecule has 110 valence electrons. The molecule has 1 unspecified atom stereocenters. The predicted octanol–water partition coefficient (Wildman–Crippen LogP) is 3.17. The van der Waals surface area contributed by atoms with E-state index in [4.69, 9.17) is 22.3 Å². The van der Waals surface area contributed by atoms with Crippen molar-refractivity contribution in [1.29, 1.82) is 0 Å². The molecule has 2 aromatic rings. The molecule has 0 N–H and O–H groups in total. The van der Waals surface area contributed by atoms with Gasteiger partial charge in [-0.15, -0.1) is 0 Å². The lowest BCUT2D eigenvalue weighted by Gasteiger charge is -2.19. The van der Waals surface area contributed by atoms with Gasteiger partial charge in [0.05, 0.1) is 10.7 Å². The number of carbonyl (C=O) groups excluding carboxylic acids is 1. The van der Waals surface area contributed by atoms with Gasteiger partial charge in [-0.05, 0) is 17.5 Å². The van der Waals surface area contributed by atoms with Crippen molar-refractivity contribution < 1.29 is 13.2 Å².